The predicted octanol–water partition coefficient (Wildman–Crippen LogP) is 2.39. The molecule has 0 radical (unpaired) electrons. The van der Waals surface area contributed by atoms with Crippen LogP contribution < -0.4 is 5.32 Å². The largest absolute Gasteiger partial charge is 0.480 e. The van der Waals surface area contributed by atoms with Gasteiger partial charge in [0.1, 0.15) is 6.04 Å². The van der Waals surface area contributed by atoms with Gasteiger partial charge in [0.25, 0.3) is 0 Å². The van der Waals surface area contributed by atoms with Crippen LogP contribution in [-0.2, 0) is 9.59 Å². The van der Waals surface area contributed by atoms with Crippen molar-refractivity contribution in [3.05, 3.63) is 12.2 Å². The Kier molecular flexibility index (Phi) is 14.3. The van der Waals surface area contributed by atoms with Gasteiger partial charge in [0, 0.05) is 13.0 Å². The summed E-state index contributed by atoms with van der Waals surface area (Å²) in [6.45, 7) is 1.88. The van der Waals surface area contributed by atoms with Crippen molar-refractivity contribution in [1.29, 1.82) is 0 Å². The van der Waals surface area contributed by atoms with Crippen LogP contribution in [0.3, 0.4) is 0 Å². The van der Waals surface area contributed by atoms with Crippen LogP contribution in [0.1, 0.15) is 71.1 Å². The maximum atomic E-state index is 11.7. The Morgan fingerprint density at radius 3 is 2.29 bits per heavy atom. The molecule has 0 aromatic carbocycles. The molecular formula is C18H33NO5. The number of aliphatic hydroxyl groups excluding tert-OH is 2. The topological polar surface area (TPSA) is 107 Å². The molecule has 0 aromatic rings. The van der Waals surface area contributed by atoms with E-state index in [1.165, 1.54) is 25.7 Å². The molecule has 1 amide bonds. The third kappa shape index (κ3) is 13.1. The lowest BCUT2D eigenvalue weighted by molar-refractivity contribution is -0.142. The van der Waals surface area contributed by atoms with Gasteiger partial charge in [0.2, 0.25) is 5.91 Å². The number of rotatable bonds is 15. The summed E-state index contributed by atoms with van der Waals surface area (Å²) in [5.74, 6) is -1.69. The number of amides is 1. The number of hydrogen-bond acceptors (Lipinski definition) is 4. The van der Waals surface area contributed by atoms with Gasteiger partial charge in [-0.1, -0.05) is 38.3 Å². The van der Waals surface area contributed by atoms with E-state index < -0.39 is 24.0 Å². The summed E-state index contributed by atoms with van der Waals surface area (Å²) in [4.78, 5) is 22.5. The molecule has 0 fully saturated rings. The van der Waals surface area contributed by atoms with E-state index in [9.17, 15) is 14.7 Å². The number of carbonyl (C=O) groups is 2. The van der Waals surface area contributed by atoms with Crippen molar-refractivity contribution in [1.82, 2.24) is 5.32 Å². The van der Waals surface area contributed by atoms with Gasteiger partial charge in [-0.05, 0) is 32.1 Å². The number of carboxylic acids is 1. The summed E-state index contributed by atoms with van der Waals surface area (Å²) in [6.07, 6.45) is 11.6. The van der Waals surface area contributed by atoms with Crippen LogP contribution in [0.4, 0.5) is 0 Å². The van der Waals surface area contributed by atoms with Crippen molar-refractivity contribution in [2.45, 2.75) is 83.3 Å². The summed E-state index contributed by atoms with van der Waals surface area (Å²) >= 11 is 0. The van der Waals surface area contributed by atoms with Crippen LogP contribution in [0.15, 0.2) is 12.2 Å². The van der Waals surface area contributed by atoms with Gasteiger partial charge in [-0.2, -0.15) is 0 Å². The Hall–Kier alpha value is -1.40. The molecule has 0 rings (SSSR count). The minimum absolute atomic E-state index is 0.0414. The highest BCUT2D eigenvalue weighted by Gasteiger charge is 2.20. The molecule has 2 atom stereocenters. The number of allylic oxidation sites excluding steroid dienone is 2. The molecule has 6 heteroatoms. The minimum atomic E-state index is -1.18. The Morgan fingerprint density at radius 2 is 1.71 bits per heavy atom. The van der Waals surface area contributed by atoms with Crippen molar-refractivity contribution < 1.29 is 24.9 Å². The number of unbranched alkanes of at least 4 members (excludes halogenated alkanes) is 5. The number of hydrogen-bond donors (Lipinski definition) is 4. The van der Waals surface area contributed by atoms with Crippen LogP contribution in [0.25, 0.3) is 0 Å². The standard InChI is InChI=1S/C18H33NO5/c1-2-3-4-5-6-7-8-9-10-11-15(21)14-17(22)19-16(12-13-20)18(23)24/h7-8,15-16,20-21H,2-6,9-14H2,1H3,(H,19,22)(H,23,24)/t15?,16-/m0/s1. The van der Waals surface area contributed by atoms with Crippen LogP contribution in [0, 0.1) is 0 Å². The van der Waals surface area contributed by atoms with Gasteiger partial charge in [-0.15, -0.1) is 0 Å². The first kappa shape index (κ1) is 22.6. The van der Waals surface area contributed by atoms with Crippen LogP contribution in [0.2, 0.25) is 0 Å². The van der Waals surface area contributed by atoms with Gasteiger partial charge in [0.15, 0.2) is 0 Å². The first-order valence-corrected chi connectivity index (χ1v) is 8.97. The number of aliphatic hydroxyl groups is 2. The zero-order valence-corrected chi connectivity index (χ0v) is 14.7. The molecule has 0 aromatic heterocycles. The molecule has 0 saturated heterocycles. The van der Waals surface area contributed by atoms with E-state index in [0.29, 0.717) is 6.42 Å². The first-order valence-electron chi connectivity index (χ1n) is 8.97. The molecule has 0 bridgehead atoms. The van der Waals surface area contributed by atoms with E-state index in [1.807, 2.05) is 0 Å². The minimum Gasteiger partial charge on any atom is -0.480 e. The summed E-state index contributed by atoms with van der Waals surface area (Å²) < 4.78 is 0. The summed E-state index contributed by atoms with van der Waals surface area (Å²) in [5.41, 5.74) is 0. The SMILES string of the molecule is CCCCCCC=CCCCC(O)CC(=O)N[C@@H](CCO)C(=O)O. The fourth-order valence-corrected chi connectivity index (χ4v) is 2.35. The molecule has 140 valence electrons. The summed E-state index contributed by atoms with van der Waals surface area (Å²) in [6, 6.07) is -1.11. The van der Waals surface area contributed by atoms with Crippen molar-refractivity contribution in [3.8, 4) is 0 Å². The highest BCUT2D eigenvalue weighted by Crippen LogP contribution is 2.08. The maximum absolute atomic E-state index is 11.7. The molecule has 0 aliphatic rings. The second-order valence-corrected chi connectivity index (χ2v) is 6.08. The lowest BCUT2D eigenvalue weighted by Crippen LogP contribution is -2.42. The van der Waals surface area contributed by atoms with Crippen molar-refractivity contribution >= 4 is 11.9 Å². The second-order valence-electron chi connectivity index (χ2n) is 6.08. The highest BCUT2D eigenvalue weighted by atomic mass is 16.4. The quantitative estimate of drug-likeness (QED) is 0.270. The second kappa shape index (κ2) is 15.1. The van der Waals surface area contributed by atoms with Crippen LogP contribution >= 0.6 is 0 Å². The van der Waals surface area contributed by atoms with Crippen molar-refractivity contribution in [3.63, 3.8) is 0 Å². The van der Waals surface area contributed by atoms with E-state index >= 15 is 0 Å². The normalized spacial score (nSPS) is 13.8. The average molecular weight is 343 g/mol. The highest BCUT2D eigenvalue weighted by molar-refractivity contribution is 5.83. The predicted molar refractivity (Wildman–Crippen MR) is 93.6 cm³/mol. The monoisotopic (exact) mass is 343 g/mol. The Labute approximate surface area is 145 Å². The molecule has 0 saturated carbocycles. The lowest BCUT2D eigenvalue weighted by Gasteiger charge is -2.15. The molecule has 0 spiro atoms. The van der Waals surface area contributed by atoms with Crippen molar-refractivity contribution in [2.24, 2.45) is 0 Å². The van der Waals surface area contributed by atoms with E-state index in [2.05, 4.69) is 24.4 Å². The van der Waals surface area contributed by atoms with Crippen LogP contribution in [-0.4, -0.2) is 45.9 Å². The fourth-order valence-electron chi connectivity index (χ4n) is 2.35. The smallest absolute Gasteiger partial charge is 0.326 e. The van der Waals surface area contributed by atoms with Gasteiger partial charge in [-0.3, -0.25) is 4.79 Å². The molecule has 0 aliphatic carbocycles. The van der Waals surface area contributed by atoms with E-state index in [1.54, 1.807) is 0 Å². The average Bonchev–Trinajstić information content (AvgIpc) is 2.52. The number of carboxylic acid groups (broad SMARTS) is 1. The Bertz CT molecular complexity index is 370. The Balaban J connectivity index is 3.77. The maximum Gasteiger partial charge on any atom is 0.326 e. The fraction of sp³-hybridized carbons (Fsp3) is 0.778. The third-order valence-corrected chi connectivity index (χ3v) is 3.77. The molecule has 0 heterocycles. The molecular weight excluding hydrogens is 310 g/mol. The molecule has 6 nitrogen and oxygen atoms in total. The number of aliphatic carboxylic acids is 1. The van der Waals surface area contributed by atoms with Gasteiger partial charge >= 0.3 is 5.97 Å². The molecule has 0 aliphatic heterocycles. The van der Waals surface area contributed by atoms with E-state index in [4.69, 9.17) is 10.2 Å². The third-order valence-electron chi connectivity index (χ3n) is 3.77. The lowest BCUT2D eigenvalue weighted by atomic mass is 10.1. The summed E-state index contributed by atoms with van der Waals surface area (Å²) in [7, 11) is 0. The van der Waals surface area contributed by atoms with E-state index in [-0.39, 0.29) is 19.4 Å². The first-order chi connectivity index (χ1) is 11.5. The zero-order valence-electron chi connectivity index (χ0n) is 14.7. The number of nitrogens with one attached hydrogen (secondary N) is 1. The van der Waals surface area contributed by atoms with Gasteiger partial charge < -0.3 is 20.6 Å². The molecule has 1 unspecified atom stereocenters. The molecule has 24 heavy (non-hydrogen) atoms. The van der Waals surface area contributed by atoms with Gasteiger partial charge in [0.05, 0.1) is 12.5 Å². The van der Waals surface area contributed by atoms with E-state index in [0.717, 1.165) is 19.3 Å². The Morgan fingerprint density at radius 1 is 1.04 bits per heavy atom. The van der Waals surface area contributed by atoms with Gasteiger partial charge in [-0.25, -0.2) is 4.79 Å². The molecule has 4 N–H and O–H groups in total. The number of carbonyl (C=O) groups excluding carboxylic acids is 1. The zero-order chi connectivity index (χ0) is 18.2. The summed E-state index contributed by atoms with van der Waals surface area (Å²) in [5, 5.41) is 29.8. The van der Waals surface area contributed by atoms with Crippen molar-refractivity contribution in [2.75, 3.05) is 6.61 Å². The van der Waals surface area contributed by atoms with Crippen LogP contribution in [0.5, 0.6) is 0 Å².